The summed E-state index contributed by atoms with van der Waals surface area (Å²) in [6.07, 6.45) is 4.83. The number of hydrogen-bond acceptors (Lipinski definition) is 4. The second kappa shape index (κ2) is 13.9. The first kappa shape index (κ1) is 27.6. The Balaban J connectivity index is 1.35. The third kappa shape index (κ3) is 7.79. The van der Waals surface area contributed by atoms with Crippen molar-refractivity contribution in [3.8, 4) is 5.75 Å². The average molecular weight is 577 g/mol. The normalized spacial score (nSPS) is 13.9. The number of carbonyl (C=O) groups is 2. The van der Waals surface area contributed by atoms with Crippen LogP contribution < -0.4 is 15.0 Å². The summed E-state index contributed by atoms with van der Waals surface area (Å²) < 4.78 is 6.83. The quantitative estimate of drug-likeness (QED) is 0.212. The molecule has 0 saturated heterocycles. The lowest BCUT2D eigenvalue weighted by Gasteiger charge is -2.30. The number of halogens is 1. The van der Waals surface area contributed by atoms with E-state index >= 15 is 0 Å². The van der Waals surface area contributed by atoms with Crippen LogP contribution in [-0.4, -0.2) is 42.9 Å². The van der Waals surface area contributed by atoms with E-state index in [0.29, 0.717) is 18.0 Å². The zero-order chi connectivity index (χ0) is 26.7. The van der Waals surface area contributed by atoms with Gasteiger partial charge in [-0.3, -0.25) is 19.4 Å². The summed E-state index contributed by atoms with van der Waals surface area (Å²) in [6, 6.07) is 25.4. The predicted octanol–water partition coefficient (Wildman–Crippen LogP) is 6.02. The molecule has 0 aromatic heterocycles. The van der Waals surface area contributed by atoms with Crippen molar-refractivity contribution in [2.24, 2.45) is 0 Å². The molecule has 0 fully saturated rings. The van der Waals surface area contributed by atoms with E-state index in [1.807, 2.05) is 42.5 Å². The number of para-hydroxylation sites is 2. The zero-order valence-corrected chi connectivity index (χ0v) is 23.3. The first-order valence-corrected chi connectivity index (χ1v) is 13.9. The lowest BCUT2D eigenvalue weighted by atomic mass is 10.1. The van der Waals surface area contributed by atoms with Gasteiger partial charge in [0.1, 0.15) is 6.54 Å². The Hall–Kier alpha value is -3.42. The molecule has 38 heavy (non-hydrogen) atoms. The van der Waals surface area contributed by atoms with Crippen LogP contribution in [0.2, 0.25) is 0 Å². The molecular weight excluding hydrogens is 542 g/mol. The summed E-state index contributed by atoms with van der Waals surface area (Å²) >= 11 is 3.46. The Morgan fingerprint density at radius 2 is 1.76 bits per heavy atom. The average Bonchev–Trinajstić information content (AvgIpc) is 2.92. The summed E-state index contributed by atoms with van der Waals surface area (Å²) in [5.41, 5.74) is 2.71. The number of nitrogens with one attached hydrogen (secondary N) is 1. The van der Waals surface area contributed by atoms with E-state index in [1.165, 1.54) is 10.5 Å². The van der Waals surface area contributed by atoms with Gasteiger partial charge in [-0.2, -0.15) is 0 Å². The summed E-state index contributed by atoms with van der Waals surface area (Å²) in [7, 11) is 0. The molecule has 0 radical (unpaired) electrons. The van der Waals surface area contributed by atoms with Crippen molar-refractivity contribution in [2.75, 3.05) is 31.1 Å². The van der Waals surface area contributed by atoms with Crippen LogP contribution >= 0.6 is 15.9 Å². The predicted molar refractivity (Wildman–Crippen MR) is 156 cm³/mol. The molecule has 0 atom stereocenters. The Morgan fingerprint density at radius 3 is 2.55 bits per heavy atom. The molecule has 0 unspecified atom stereocenters. The minimum absolute atomic E-state index is 0.0708. The Kier molecular flexibility index (Phi) is 10.1. The van der Waals surface area contributed by atoms with Crippen molar-refractivity contribution < 1.29 is 14.3 Å². The van der Waals surface area contributed by atoms with E-state index in [4.69, 9.17) is 4.74 Å². The number of rotatable bonds is 12. The number of carbonyl (C=O) groups excluding carboxylic acids is 2. The standard InChI is InChI=1S/C31H34BrN3O3/c1-2-3-18-34(22-24-11-5-4-6-12-24)19-10-17-33-30(36)23-35-27-15-7-8-16-28(27)38-29(31(35)37)21-25-13-9-14-26(32)20-25/h4-9,11-16,20-21H,2-3,10,17-19,22-23H2,1H3,(H,33,36). The smallest absolute Gasteiger partial charge is 0.294 e. The molecule has 4 rings (SSSR count). The number of benzene rings is 3. The molecule has 198 valence electrons. The van der Waals surface area contributed by atoms with Gasteiger partial charge in [-0.25, -0.2) is 0 Å². The maximum Gasteiger partial charge on any atom is 0.294 e. The van der Waals surface area contributed by atoms with Gasteiger partial charge < -0.3 is 10.1 Å². The van der Waals surface area contributed by atoms with E-state index in [1.54, 1.807) is 18.2 Å². The van der Waals surface area contributed by atoms with Gasteiger partial charge in [0.25, 0.3) is 5.91 Å². The molecule has 6 nitrogen and oxygen atoms in total. The Morgan fingerprint density at radius 1 is 1.00 bits per heavy atom. The Bertz CT molecular complexity index is 1260. The largest absolute Gasteiger partial charge is 0.449 e. The van der Waals surface area contributed by atoms with Crippen LogP contribution in [-0.2, 0) is 16.1 Å². The van der Waals surface area contributed by atoms with Crippen molar-refractivity contribution in [3.63, 3.8) is 0 Å². The fourth-order valence-electron chi connectivity index (χ4n) is 4.39. The minimum atomic E-state index is -0.340. The van der Waals surface area contributed by atoms with Gasteiger partial charge >= 0.3 is 0 Å². The van der Waals surface area contributed by atoms with Crippen LogP contribution in [0.3, 0.4) is 0 Å². The van der Waals surface area contributed by atoms with Crippen LogP contribution in [0, 0.1) is 0 Å². The van der Waals surface area contributed by atoms with Gasteiger partial charge in [-0.15, -0.1) is 0 Å². The molecule has 0 saturated carbocycles. The zero-order valence-electron chi connectivity index (χ0n) is 21.7. The summed E-state index contributed by atoms with van der Waals surface area (Å²) in [6.45, 7) is 5.52. The second-order valence-corrected chi connectivity index (χ2v) is 10.3. The molecule has 7 heteroatoms. The fraction of sp³-hybridized carbons (Fsp3) is 0.290. The second-order valence-electron chi connectivity index (χ2n) is 9.34. The molecule has 0 aliphatic carbocycles. The number of nitrogens with zero attached hydrogens (tertiary/aromatic N) is 2. The maximum absolute atomic E-state index is 13.3. The third-order valence-electron chi connectivity index (χ3n) is 6.33. The fourth-order valence-corrected chi connectivity index (χ4v) is 4.81. The third-order valence-corrected chi connectivity index (χ3v) is 6.82. The number of unbranched alkanes of at least 4 members (excludes halogenated alkanes) is 1. The number of hydrogen-bond donors (Lipinski definition) is 1. The van der Waals surface area contributed by atoms with Crippen molar-refractivity contribution in [1.29, 1.82) is 0 Å². The van der Waals surface area contributed by atoms with Gasteiger partial charge in [0.15, 0.2) is 11.5 Å². The van der Waals surface area contributed by atoms with Crippen molar-refractivity contribution >= 4 is 39.5 Å². The molecule has 1 heterocycles. The highest BCUT2D eigenvalue weighted by molar-refractivity contribution is 9.10. The van der Waals surface area contributed by atoms with Gasteiger partial charge in [-0.1, -0.05) is 83.9 Å². The molecule has 3 aromatic rings. The highest BCUT2D eigenvalue weighted by Crippen LogP contribution is 2.35. The van der Waals surface area contributed by atoms with Gasteiger partial charge in [0, 0.05) is 24.1 Å². The van der Waals surface area contributed by atoms with Crippen LogP contribution in [0.15, 0.2) is 89.1 Å². The van der Waals surface area contributed by atoms with Crippen molar-refractivity contribution in [2.45, 2.75) is 32.7 Å². The highest BCUT2D eigenvalue weighted by Gasteiger charge is 2.31. The monoisotopic (exact) mass is 575 g/mol. The van der Waals surface area contributed by atoms with Crippen molar-refractivity contribution in [1.82, 2.24) is 10.2 Å². The first-order chi connectivity index (χ1) is 18.5. The number of amides is 2. The molecular formula is C31H34BrN3O3. The van der Waals surface area contributed by atoms with Gasteiger partial charge in [0.05, 0.1) is 5.69 Å². The van der Waals surface area contributed by atoms with Gasteiger partial charge in [-0.05, 0) is 60.9 Å². The summed E-state index contributed by atoms with van der Waals surface area (Å²) in [5, 5.41) is 3.00. The van der Waals surface area contributed by atoms with E-state index in [2.05, 4.69) is 57.3 Å². The number of ether oxygens (including phenoxy) is 1. The van der Waals surface area contributed by atoms with Gasteiger partial charge in [0.2, 0.25) is 5.91 Å². The molecule has 1 N–H and O–H groups in total. The number of fused-ring (bicyclic) bond motifs is 1. The van der Waals surface area contributed by atoms with E-state index in [-0.39, 0.29) is 24.1 Å². The summed E-state index contributed by atoms with van der Waals surface area (Å²) in [4.78, 5) is 30.2. The lowest BCUT2D eigenvalue weighted by Crippen LogP contribution is -2.44. The highest BCUT2D eigenvalue weighted by atomic mass is 79.9. The first-order valence-electron chi connectivity index (χ1n) is 13.1. The molecule has 1 aliphatic rings. The SMILES string of the molecule is CCCCN(CCCNC(=O)CN1C(=O)C(=Cc2cccc(Br)c2)Oc2ccccc21)Cc1ccccc1. The number of anilines is 1. The van der Waals surface area contributed by atoms with Crippen LogP contribution in [0.5, 0.6) is 5.75 Å². The Labute approximate surface area is 233 Å². The molecule has 3 aromatic carbocycles. The molecule has 0 bridgehead atoms. The maximum atomic E-state index is 13.3. The summed E-state index contributed by atoms with van der Waals surface area (Å²) in [5.74, 6) is 0.197. The molecule has 1 aliphatic heterocycles. The van der Waals surface area contributed by atoms with Crippen molar-refractivity contribution in [3.05, 3.63) is 100 Å². The molecule has 2 amide bonds. The van der Waals surface area contributed by atoms with E-state index in [9.17, 15) is 9.59 Å². The van der Waals surface area contributed by atoms with E-state index < -0.39 is 0 Å². The van der Waals surface area contributed by atoms with E-state index in [0.717, 1.165) is 48.9 Å². The molecule has 0 spiro atoms. The lowest BCUT2D eigenvalue weighted by molar-refractivity contribution is -0.123. The topological polar surface area (TPSA) is 61.9 Å². The minimum Gasteiger partial charge on any atom is -0.449 e. The van der Waals surface area contributed by atoms with Crippen LogP contribution in [0.4, 0.5) is 5.69 Å². The van der Waals surface area contributed by atoms with Crippen LogP contribution in [0.1, 0.15) is 37.3 Å². The van der Waals surface area contributed by atoms with Crippen LogP contribution in [0.25, 0.3) is 6.08 Å².